The van der Waals surface area contributed by atoms with Gasteiger partial charge in [-0.1, -0.05) is 6.07 Å². The highest BCUT2D eigenvalue weighted by Crippen LogP contribution is 2.35. The summed E-state index contributed by atoms with van der Waals surface area (Å²) in [5, 5.41) is 4.29. The van der Waals surface area contributed by atoms with Crippen LogP contribution < -0.4 is 15.0 Å². The molecule has 1 fully saturated rings. The zero-order valence-corrected chi connectivity index (χ0v) is 22.0. The summed E-state index contributed by atoms with van der Waals surface area (Å²) >= 11 is 6.93. The lowest BCUT2D eigenvalue weighted by molar-refractivity contribution is 0.0601. The fourth-order valence-electron chi connectivity index (χ4n) is 3.96. The molecular weight excluding hydrogens is 472 g/mol. The molecule has 1 aromatic carbocycles. The molecule has 0 aliphatic carbocycles. The maximum atomic E-state index is 13.0. The van der Waals surface area contributed by atoms with E-state index in [0.717, 1.165) is 37.6 Å². The number of thiocarbonyl (C=S) groups is 1. The number of hydrogen-bond donors (Lipinski definition) is 1. The average Bonchev–Trinajstić information content (AvgIpc) is 3.19. The molecule has 0 unspecified atom stereocenters. The molecular formula is C24H32N4O4S2. The third kappa shape index (κ3) is 5.44. The number of nitrogens with zero attached hydrogens (tertiary/aromatic N) is 3. The fourth-order valence-corrected chi connectivity index (χ4v) is 5.47. The summed E-state index contributed by atoms with van der Waals surface area (Å²) < 4.78 is 10.3. The number of carbonyl (C=O) groups excluding carboxylic acids is 2. The first-order chi connectivity index (χ1) is 16.3. The van der Waals surface area contributed by atoms with Gasteiger partial charge in [-0.15, -0.1) is 11.3 Å². The van der Waals surface area contributed by atoms with Crippen molar-refractivity contribution in [2.75, 3.05) is 63.7 Å². The van der Waals surface area contributed by atoms with Crippen LogP contribution in [0.1, 0.15) is 39.4 Å². The molecule has 0 bridgehead atoms. The lowest BCUT2D eigenvalue weighted by atomic mass is 10.1. The Bertz CT molecular complexity index is 1040. The maximum absolute atomic E-state index is 13.0. The van der Waals surface area contributed by atoms with Gasteiger partial charge in [0.1, 0.15) is 10.8 Å². The van der Waals surface area contributed by atoms with Crippen molar-refractivity contribution in [3.05, 3.63) is 40.3 Å². The van der Waals surface area contributed by atoms with Crippen LogP contribution in [0.25, 0.3) is 0 Å². The number of piperazine rings is 1. The molecule has 2 heterocycles. The molecule has 1 N–H and O–H groups in total. The predicted molar refractivity (Wildman–Crippen MR) is 141 cm³/mol. The number of hydrogen-bond acceptors (Lipinski definition) is 7. The Hall–Kier alpha value is -2.85. The minimum absolute atomic E-state index is 0.0940. The summed E-state index contributed by atoms with van der Waals surface area (Å²) in [4.78, 5) is 32.2. The normalized spacial score (nSPS) is 13.4. The Morgan fingerprint density at radius 1 is 1.15 bits per heavy atom. The average molecular weight is 505 g/mol. The van der Waals surface area contributed by atoms with Gasteiger partial charge < -0.3 is 29.5 Å². The quantitative estimate of drug-likeness (QED) is 0.450. The first-order valence-corrected chi connectivity index (χ1v) is 12.5. The van der Waals surface area contributed by atoms with Gasteiger partial charge in [0.05, 0.1) is 24.7 Å². The van der Waals surface area contributed by atoms with Crippen molar-refractivity contribution in [2.45, 2.75) is 20.8 Å². The minimum Gasteiger partial charge on any atom is -0.497 e. The van der Waals surface area contributed by atoms with Crippen molar-refractivity contribution in [1.29, 1.82) is 0 Å². The summed E-state index contributed by atoms with van der Waals surface area (Å²) in [5.74, 6) is 0.250. The second-order valence-electron chi connectivity index (χ2n) is 7.84. The van der Waals surface area contributed by atoms with Crippen LogP contribution in [0, 0.1) is 6.92 Å². The van der Waals surface area contributed by atoms with E-state index in [9.17, 15) is 9.59 Å². The van der Waals surface area contributed by atoms with Gasteiger partial charge in [0, 0.05) is 51.0 Å². The van der Waals surface area contributed by atoms with E-state index in [1.807, 2.05) is 32.0 Å². The summed E-state index contributed by atoms with van der Waals surface area (Å²) in [6, 6.07) is 8.01. The number of nitrogens with one attached hydrogen (secondary N) is 1. The molecule has 0 radical (unpaired) electrons. The van der Waals surface area contributed by atoms with Crippen molar-refractivity contribution < 1.29 is 19.1 Å². The molecule has 1 amide bonds. The number of benzene rings is 1. The highest BCUT2D eigenvalue weighted by Gasteiger charge is 2.28. The standard InChI is InChI=1S/C24H32N4O4S2/c1-6-26(7-2)22(29)20-16(3)19(23(30)32-5)21(34-20)25-24(33)28-13-11-27(12-14-28)17-9-8-10-18(15-17)31-4/h8-10,15H,6-7,11-14H2,1-5H3,(H,25,33). The number of ether oxygens (including phenoxy) is 2. The molecule has 3 rings (SSSR count). The Balaban J connectivity index is 1.74. The molecule has 0 spiro atoms. The zero-order valence-electron chi connectivity index (χ0n) is 20.3. The van der Waals surface area contributed by atoms with Gasteiger partial charge in [-0.05, 0) is 50.7 Å². The van der Waals surface area contributed by atoms with E-state index in [2.05, 4.69) is 21.2 Å². The minimum atomic E-state index is -0.486. The maximum Gasteiger partial charge on any atom is 0.341 e. The van der Waals surface area contributed by atoms with E-state index in [4.69, 9.17) is 21.7 Å². The molecule has 10 heteroatoms. The number of carbonyl (C=O) groups is 2. The number of anilines is 2. The number of amides is 1. The van der Waals surface area contributed by atoms with E-state index in [1.165, 1.54) is 18.4 Å². The van der Waals surface area contributed by atoms with Crippen molar-refractivity contribution in [3.63, 3.8) is 0 Å². The highest BCUT2D eigenvalue weighted by molar-refractivity contribution is 7.80. The van der Waals surface area contributed by atoms with Crippen LogP contribution in [0.5, 0.6) is 5.75 Å². The van der Waals surface area contributed by atoms with Gasteiger partial charge in [0.2, 0.25) is 0 Å². The van der Waals surface area contributed by atoms with Crippen LogP contribution in [-0.4, -0.2) is 80.3 Å². The van der Waals surface area contributed by atoms with E-state index < -0.39 is 5.97 Å². The molecule has 34 heavy (non-hydrogen) atoms. The van der Waals surface area contributed by atoms with Crippen LogP contribution in [0.2, 0.25) is 0 Å². The van der Waals surface area contributed by atoms with Crippen LogP contribution in [-0.2, 0) is 4.74 Å². The first kappa shape index (κ1) is 25.8. The Morgan fingerprint density at radius 2 is 1.82 bits per heavy atom. The molecule has 184 valence electrons. The largest absolute Gasteiger partial charge is 0.497 e. The number of thiophene rings is 1. The van der Waals surface area contributed by atoms with Crippen molar-refractivity contribution in [1.82, 2.24) is 9.80 Å². The second kappa shape index (κ2) is 11.5. The van der Waals surface area contributed by atoms with Crippen LogP contribution in [0.4, 0.5) is 10.7 Å². The summed E-state index contributed by atoms with van der Waals surface area (Å²) in [5.41, 5.74) is 2.08. The third-order valence-electron chi connectivity index (χ3n) is 5.99. The molecule has 8 nitrogen and oxygen atoms in total. The first-order valence-electron chi connectivity index (χ1n) is 11.3. The van der Waals surface area contributed by atoms with Gasteiger partial charge in [0.15, 0.2) is 5.11 Å². The van der Waals surface area contributed by atoms with Crippen molar-refractivity contribution >= 4 is 51.2 Å². The van der Waals surface area contributed by atoms with E-state index >= 15 is 0 Å². The fraction of sp³-hybridized carbons (Fsp3) is 0.458. The van der Waals surface area contributed by atoms with Crippen LogP contribution in [0.15, 0.2) is 24.3 Å². The van der Waals surface area contributed by atoms with Gasteiger partial charge in [-0.25, -0.2) is 4.79 Å². The summed E-state index contributed by atoms with van der Waals surface area (Å²) in [6.45, 7) is 9.90. The molecule has 0 atom stereocenters. The predicted octanol–water partition coefficient (Wildman–Crippen LogP) is 3.85. The SMILES string of the molecule is CCN(CC)C(=O)c1sc(NC(=S)N2CCN(c3cccc(OC)c3)CC2)c(C(=O)OC)c1C. The number of esters is 1. The van der Waals surface area contributed by atoms with Gasteiger partial charge in [-0.3, -0.25) is 4.79 Å². The third-order valence-corrected chi connectivity index (χ3v) is 7.54. The van der Waals surface area contributed by atoms with Gasteiger partial charge >= 0.3 is 5.97 Å². The molecule has 1 aliphatic rings. The Labute approximate surface area is 210 Å². The number of methoxy groups -OCH3 is 2. The van der Waals surface area contributed by atoms with Gasteiger partial charge in [0.25, 0.3) is 5.91 Å². The van der Waals surface area contributed by atoms with E-state index in [0.29, 0.717) is 39.2 Å². The Kier molecular flexibility index (Phi) is 8.73. The zero-order chi connectivity index (χ0) is 24.8. The second-order valence-corrected chi connectivity index (χ2v) is 9.24. The van der Waals surface area contributed by atoms with Crippen molar-refractivity contribution in [3.8, 4) is 5.75 Å². The lowest BCUT2D eigenvalue weighted by Gasteiger charge is -2.37. The van der Waals surface area contributed by atoms with Crippen molar-refractivity contribution in [2.24, 2.45) is 0 Å². The topological polar surface area (TPSA) is 74.4 Å². The molecule has 1 aromatic heterocycles. The van der Waals surface area contributed by atoms with Crippen LogP contribution >= 0.6 is 23.6 Å². The monoisotopic (exact) mass is 504 g/mol. The molecule has 0 saturated carbocycles. The van der Waals surface area contributed by atoms with Crippen LogP contribution in [0.3, 0.4) is 0 Å². The smallest absolute Gasteiger partial charge is 0.341 e. The summed E-state index contributed by atoms with van der Waals surface area (Å²) in [7, 11) is 3.00. The molecule has 2 aromatic rings. The molecule has 1 aliphatic heterocycles. The summed E-state index contributed by atoms with van der Waals surface area (Å²) in [6.07, 6.45) is 0. The Morgan fingerprint density at radius 3 is 2.41 bits per heavy atom. The highest BCUT2D eigenvalue weighted by atomic mass is 32.1. The lowest BCUT2D eigenvalue weighted by Crippen LogP contribution is -2.50. The number of rotatable bonds is 7. The van der Waals surface area contributed by atoms with E-state index in [-0.39, 0.29) is 5.91 Å². The van der Waals surface area contributed by atoms with E-state index in [1.54, 1.807) is 18.9 Å². The van der Waals surface area contributed by atoms with Gasteiger partial charge in [-0.2, -0.15) is 0 Å². The molecule has 1 saturated heterocycles.